The smallest absolute Gasteiger partial charge is 0.424 e. The summed E-state index contributed by atoms with van der Waals surface area (Å²) >= 11 is 6.29. The number of benzene rings is 2. The highest BCUT2D eigenvalue weighted by molar-refractivity contribution is 7.89. The van der Waals surface area contributed by atoms with Gasteiger partial charge in [0.2, 0.25) is 0 Å². The van der Waals surface area contributed by atoms with Gasteiger partial charge in [-0.3, -0.25) is 0 Å². The van der Waals surface area contributed by atoms with Gasteiger partial charge in [-0.2, -0.15) is 4.31 Å². The molecule has 2 fully saturated rings. The third-order valence-electron chi connectivity index (χ3n) is 7.07. The van der Waals surface area contributed by atoms with E-state index in [4.69, 9.17) is 21.1 Å². The van der Waals surface area contributed by atoms with E-state index >= 15 is 0 Å². The van der Waals surface area contributed by atoms with Crippen molar-refractivity contribution in [1.29, 1.82) is 0 Å². The number of nitrogens with zero attached hydrogens (tertiary/aromatic N) is 1. The summed E-state index contributed by atoms with van der Waals surface area (Å²) in [6.07, 6.45) is 0.774. The molecule has 0 N–H and O–H groups in total. The molecule has 0 aromatic heterocycles. The number of aryl methyl sites for hydroxylation is 1. The Balaban J connectivity index is 1.65. The Labute approximate surface area is 200 Å². The number of ether oxygens (including phenoxy) is 2. The van der Waals surface area contributed by atoms with Gasteiger partial charge in [-0.25, -0.2) is 13.2 Å². The molecule has 2 saturated heterocycles. The van der Waals surface area contributed by atoms with Crippen LogP contribution in [0.25, 0.3) is 0 Å². The van der Waals surface area contributed by atoms with Crippen LogP contribution >= 0.6 is 11.6 Å². The zero-order chi connectivity index (χ0) is 24.0. The lowest BCUT2D eigenvalue weighted by Crippen LogP contribution is -2.45. The monoisotopic (exact) mass is 491 g/mol. The van der Waals surface area contributed by atoms with Crippen molar-refractivity contribution in [2.75, 3.05) is 0 Å². The Morgan fingerprint density at radius 2 is 1.85 bits per heavy atom. The summed E-state index contributed by atoms with van der Waals surface area (Å²) in [5.74, 6) is 0.263. The van der Waals surface area contributed by atoms with Crippen LogP contribution in [0, 0.1) is 12.8 Å². The molecule has 33 heavy (non-hydrogen) atoms. The third-order valence-corrected chi connectivity index (χ3v) is 9.17. The van der Waals surface area contributed by atoms with Gasteiger partial charge in [-0.15, -0.1) is 0 Å². The van der Waals surface area contributed by atoms with Crippen LogP contribution < -0.4 is 0 Å². The third kappa shape index (κ3) is 4.38. The summed E-state index contributed by atoms with van der Waals surface area (Å²) in [6, 6.07) is 13.2. The van der Waals surface area contributed by atoms with Crippen LogP contribution in [0.5, 0.6) is 0 Å². The Morgan fingerprint density at radius 1 is 1.18 bits per heavy atom. The summed E-state index contributed by atoms with van der Waals surface area (Å²) in [5.41, 5.74) is 0.466. The van der Waals surface area contributed by atoms with E-state index in [9.17, 15) is 13.2 Å². The first-order valence-electron chi connectivity index (χ1n) is 11.2. The number of carbonyl (C=O) groups excluding carboxylic acids is 1. The van der Waals surface area contributed by atoms with E-state index in [1.807, 2.05) is 13.8 Å². The molecule has 2 heterocycles. The predicted octanol–water partition coefficient (Wildman–Crippen LogP) is 5.71. The molecule has 1 amide bonds. The Hall–Kier alpha value is -2.09. The van der Waals surface area contributed by atoms with Crippen LogP contribution in [-0.2, 0) is 26.0 Å². The number of hydrogen-bond acceptors (Lipinski definition) is 5. The van der Waals surface area contributed by atoms with Crippen molar-refractivity contribution >= 4 is 27.7 Å². The van der Waals surface area contributed by atoms with Crippen LogP contribution in [0.4, 0.5) is 4.79 Å². The van der Waals surface area contributed by atoms with Crippen LogP contribution in [0.1, 0.15) is 51.2 Å². The number of fused-ring (bicyclic) bond motifs is 2. The maximum atomic E-state index is 13.5. The Morgan fingerprint density at radius 3 is 2.45 bits per heavy atom. The molecule has 0 radical (unpaired) electrons. The molecule has 0 aliphatic carbocycles. The van der Waals surface area contributed by atoms with Gasteiger partial charge in [0.1, 0.15) is 11.7 Å². The molecule has 8 heteroatoms. The summed E-state index contributed by atoms with van der Waals surface area (Å²) in [5, 5.41) is 0.378. The van der Waals surface area contributed by atoms with Crippen molar-refractivity contribution < 1.29 is 22.7 Å². The topological polar surface area (TPSA) is 72.9 Å². The van der Waals surface area contributed by atoms with Gasteiger partial charge in [0.15, 0.2) is 0 Å². The van der Waals surface area contributed by atoms with Crippen molar-refractivity contribution in [3.05, 3.63) is 64.7 Å². The summed E-state index contributed by atoms with van der Waals surface area (Å²) in [6.45, 7) is 7.78. The van der Waals surface area contributed by atoms with E-state index in [-0.39, 0.29) is 23.0 Å². The quantitative estimate of drug-likeness (QED) is 0.517. The first-order chi connectivity index (χ1) is 15.5. The highest BCUT2D eigenvalue weighted by atomic mass is 35.5. The average molecular weight is 492 g/mol. The van der Waals surface area contributed by atoms with Gasteiger partial charge in [0, 0.05) is 11.4 Å². The van der Waals surface area contributed by atoms with Crippen LogP contribution in [0.15, 0.2) is 53.4 Å². The maximum Gasteiger partial charge on any atom is 0.424 e. The van der Waals surface area contributed by atoms with Crippen LogP contribution in [0.3, 0.4) is 0 Å². The fraction of sp³-hybridized carbons (Fsp3) is 0.480. The van der Waals surface area contributed by atoms with Gasteiger partial charge in [0.25, 0.3) is 10.0 Å². The molecule has 2 aromatic rings. The zero-order valence-electron chi connectivity index (χ0n) is 19.4. The Bertz CT molecular complexity index is 1150. The van der Waals surface area contributed by atoms with Gasteiger partial charge in [-0.05, 0) is 56.4 Å². The molecule has 3 atom stereocenters. The average Bonchev–Trinajstić information content (AvgIpc) is 3.25. The lowest BCUT2D eigenvalue weighted by molar-refractivity contribution is -0.0827. The number of sulfonamides is 1. The zero-order valence-corrected chi connectivity index (χ0v) is 20.9. The molecule has 2 aliphatic heterocycles. The number of hydrogen-bond donors (Lipinski definition) is 0. The van der Waals surface area contributed by atoms with Gasteiger partial charge >= 0.3 is 6.09 Å². The van der Waals surface area contributed by atoms with Crippen molar-refractivity contribution in [1.82, 2.24) is 4.31 Å². The fourth-order valence-electron chi connectivity index (χ4n) is 4.78. The lowest BCUT2D eigenvalue weighted by Gasteiger charge is -2.32. The fourth-order valence-corrected chi connectivity index (χ4v) is 6.26. The van der Waals surface area contributed by atoms with E-state index in [1.165, 1.54) is 12.1 Å². The largest absolute Gasteiger partial charge is 0.442 e. The van der Waals surface area contributed by atoms with E-state index < -0.39 is 27.8 Å². The minimum absolute atomic E-state index is 0.0196. The SMILES string of the molecule is Cc1ccc(S(=O)(=O)N(Cc2ccccc2Cl)C(=O)O[C@H]2C[C@@]3(C(C)C)CC[C@@]2(C)O3)cc1. The number of amides is 1. The first kappa shape index (κ1) is 24.0. The van der Waals surface area contributed by atoms with E-state index in [0.717, 1.165) is 22.7 Å². The first-order valence-corrected chi connectivity index (χ1v) is 13.0. The normalized spacial score (nSPS) is 26.5. The van der Waals surface area contributed by atoms with E-state index in [1.54, 1.807) is 36.4 Å². The van der Waals surface area contributed by atoms with Crippen molar-refractivity contribution in [2.45, 2.75) is 75.7 Å². The molecule has 178 valence electrons. The molecular formula is C25H30ClNO5S. The van der Waals surface area contributed by atoms with E-state index in [2.05, 4.69) is 13.8 Å². The highest BCUT2D eigenvalue weighted by Crippen LogP contribution is 2.55. The highest BCUT2D eigenvalue weighted by Gasteiger charge is 2.62. The second-order valence-electron chi connectivity index (χ2n) is 9.63. The standard InChI is InChI=1S/C25H30ClNO5S/c1-17(2)25-14-13-24(4,32-25)22(15-25)31-23(28)27(16-19-7-5-6-8-21(19)26)33(29,30)20-11-9-18(3)10-12-20/h5-12,17,22H,13-16H2,1-4H3/t22-,24+,25+/m0/s1. The second-order valence-corrected chi connectivity index (χ2v) is 11.9. The van der Waals surface area contributed by atoms with E-state index in [0.29, 0.717) is 17.0 Å². The molecule has 0 unspecified atom stereocenters. The molecule has 2 aliphatic rings. The maximum absolute atomic E-state index is 13.5. The molecule has 2 bridgehead atoms. The number of carbonyl (C=O) groups is 1. The minimum Gasteiger partial charge on any atom is -0.442 e. The molecular weight excluding hydrogens is 462 g/mol. The van der Waals surface area contributed by atoms with Crippen molar-refractivity contribution in [3.8, 4) is 0 Å². The Kier molecular flexibility index (Phi) is 6.27. The molecule has 6 nitrogen and oxygen atoms in total. The van der Waals surface area contributed by atoms with Gasteiger partial charge in [-0.1, -0.05) is 61.3 Å². The van der Waals surface area contributed by atoms with Crippen molar-refractivity contribution in [2.24, 2.45) is 5.92 Å². The van der Waals surface area contributed by atoms with Crippen LogP contribution in [0.2, 0.25) is 5.02 Å². The number of halogens is 1. The predicted molar refractivity (Wildman–Crippen MR) is 127 cm³/mol. The lowest BCUT2D eigenvalue weighted by atomic mass is 9.75. The summed E-state index contributed by atoms with van der Waals surface area (Å²) in [4.78, 5) is 13.4. The molecule has 2 aromatic carbocycles. The van der Waals surface area contributed by atoms with Crippen LogP contribution in [-0.4, -0.2) is 36.1 Å². The number of rotatable bonds is 6. The van der Waals surface area contributed by atoms with Gasteiger partial charge in [0.05, 0.1) is 17.0 Å². The molecule has 0 spiro atoms. The summed E-state index contributed by atoms with van der Waals surface area (Å²) in [7, 11) is -4.18. The summed E-state index contributed by atoms with van der Waals surface area (Å²) < 4.78 is 40.1. The molecule has 4 rings (SSSR count). The minimum atomic E-state index is -4.18. The molecule has 0 saturated carbocycles. The van der Waals surface area contributed by atoms with Crippen molar-refractivity contribution in [3.63, 3.8) is 0 Å². The second kappa shape index (κ2) is 8.60. The van der Waals surface area contributed by atoms with Gasteiger partial charge < -0.3 is 9.47 Å².